The van der Waals surface area contributed by atoms with Gasteiger partial charge in [-0.25, -0.2) is 0 Å². The fourth-order valence-corrected chi connectivity index (χ4v) is 2.34. The lowest BCUT2D eigenvalue weighted by Gasteiger charge is -2.01. The Morgan fingerprint density at radius 3 is 2.76 bits per heavy atom. The van der Waals surface area contributed by atoms with Crippen molar-refractivity contribution in [1.29, 1.82) is 0 Å². The SMILES string of the molecule is CCCCCNc1sc(C(C)=O)cc1[N+](=O)[O-]. The summed E-state index contributed by atoms with van der Waals surface area (Å²) in [4.78, 5) is 21.9. The Bertz CT molecular complexity index is 415. The second kappa shape index (κ2) is 6.34. The molecule has 0 spiro atoms. The van der Waals surface area contributed by atoms with Crippen LogP contribution in [0.4, 0.5) is 10.7 Å². The van der Waals surface area contributed by atoms with E-state index in [1.807, 2.05) is 0 Å². The Morgan fingerprint density at radius 2 is 2.24 bits per heavy atom. The van der Waals surface area contributed by atoms with E-state index in [4.69, 9.17) is 0 Å². The zero-order valence-electron chi connectivity index (χ0n) is 9.99. The predicted octanol–water partition coefficient (Wildman–Crippen LogP) is 3.46. The lowest BCUT2D eigenvalue weighted by Crippen LogP contribution is -2.01. The molecule has 0 atom stereocenters. The summed E-state index contributed by atoms with van der Waals surface area (Å²) >= 11 is 1.15. The molecular formula is C11H16N2O3S. The molecule has 0 fully saturated rings. The fraction of sp³-hybridized carbons (Fsp3) is 0.545. The third kappa shape index (κ3) is 3.81. The van der Waals surface area contributed by atoms with Crippen LogP contribution >= 0.6 is 11.3 Å². The van der Waals surface area contributed by atoms with Gasteiger partial charge in [0, 0.05) is 12.6 Å². The van der Waals surface area contributed by atoms with Crippen LogP contribution in [-0.2, 0) is 0 Å². The largest absolute Gasteiger partial charge is 0.371 e. The Morgan fingerprint density at radius 1 is 1.53 bits per heavy atom. The molecule has 6 heteroatoms. The first-order valence-corrected chi connectivity index (χ1v) is 6.41. The van der Waals surface area contributed by atoms with Crippen LogP contribution in [0.2, 0.25) is 0 Å². The number of anilines is 1. The number of carbonyl (C=O) groups is 1. The van der Waals surface area contributed by atoms with Gasteiger partial charge in [-0.2, -0.15) is 0 Å². The van der Waals surface area contributed by atoms with Crippen molar-refractivity contribution in [3.63, 3.8) is 0 Å². The maximum atomic E-state index is 11.2. The molecule has 1 aromatic heterocycles. The van der Waals surface area contributed by atoms with E-state index in [1.165, 1.54) is 13.0 Å². The van der Waals surface area contributed by atoms with Crippen molar-refractivity contribution < 1.29 is 9.72 Å². The van der Waals surface area contributed by atoms with Crippen molar-refractivity contribution in [2.24, 2.45) is 0 Å². The molecule has 0 aliphatic carbocycles. The molecule has 5 nitrogen and oxygen atoms in total. The number of rotatable bonds is 7. The Labute approximate surface area is 104 Å². The lowest BCUT2D eigenvalue weighted by atomic mass is 10.2. The molecular weight excluding hydrogens is 240 g/mol. The zero-order valence-corrected chi connectivity index (χ0v) is 10.8. The second-order valence-electron chi connectivity index (χ2n) is 3.77. The van der Waals surface area contributed by atoms with Gasteiger partial charge in [0.05, 0.1) is 9.80 Å². The summed E-state index contributed by atoms with van der Waals surface area (Å²) in [7, 11) is 0. The van der Waals surface area contributed by atoms with Crippen molar-refractivity contribution >= 4 is 27.8 Å². The topological polar surface area (TPSA) is 72.2 Å². The summed E-state index contributed by atoms with van der Waals surface area (Å²) in [6, 6.07) is 1.34. The van der Waals surface area contributed by atoms with E-state index >= 15 is 0 Å². The number of hydrogen-bond donors (Lipinski definition) is 1. The summed E-state index contributed by atoms with van der Waals surface area (Å²) < 4.78 is 0. The molecule has 0 radical (unpaired) electrons. The van der Waals surface area contributed by atoms with E-state index in [-0.39, 0.29) is 11.5 Å². The molecule has 0 amide bonds. The summed E-state index contributed by atoms with van der Waals surface area (Å²) in [6.07, 6.45) is 3.17. The van der Waals surface area contributed by atoms with Gasteiger partial charge in [0.25, 0.3) is 0 Å². The van der Waals surface area contributed by atoms with Gasteiger partial charge in [0.15, 0.2) is 10.8 Å². The number of thiophene rings is 1. The maximum absolute atomic E-state index is 11.2. The Hall–Kier alpha value is -1.43. The molecule has 0 unspecified atom stereocenters. The summed E-state index contributed by atoms with van der Waals surface area (Å²) in [5.41, 5.74) is -0.00306. The van der Waals surface area contributed by atoms with Crippen LogP contribution in [0.3, 0.4) is 0 Å². The minimum absolute atomic E-state index is 0.00306. The molecule has 1 N–H and O–H groups in total. The molecule has 1 aromatic rings. The maximum Gasteiger partial charge on any atom is 0.304 e. The first-order valence-electron chi connectivity index (χ1n) is 5.59. The number of nitro groups is 1. The average Bonchev–Trinajstić information content (AvgIpc) is 2.68. The molecule has 1 rings (SSSR count). The number of ketones is 1. The highest BCUT2D eigenvalue weighted by molar-refractivity contribution is 7.18. The van der Waals surface area contributed by atoms with Crippen molar-refractivity contribution in [2.75, 3.05) is 11.9 Å². The highest BCUT2D eigenvalue weighted by Gasteiger charge is 2.20. The van der Waals surface area contributed by atoms with Gasteiger partial charge in [-0.1, -0.05) is 19.8 Å². The van der Waals surface area contributed by atoms with Gasteiger partial charge in [-0.15, -0.1) is 11.3 Å². The van der Waals surface area contributed by atoms with Crippen LogP contribution in [0, 0.1) is 10.1 Å². The molecule has 0 aliphatic heterocycles. The van der Waals surface area contributed by atoms with Gasteiger partial charge in [0.1, 0.15) is 0 Å². The number of unbranched alkanes of at least 4 members (excludes halogenated alkanes) is 2. The smallest absolute Gasteiger partial charge is 0.304 e. The first kappa shape index (κ1) is 13.6. The molecule has 94 valence electrons. The van der Waals surface area contributed by atoms with Gasteiger partial charge in [-0.05, 0) is 13.3 Å². The number of carbonyl (C=O) groups excluding carboxylic acids is 1. The van der Waals surface area contributed by atoms with Gasteiger partial charge < -0.3 is 5.32 Å². The minimum atomic E-state index is -0.453. The van der Waals surface area contributed by atoms with E-state index in [1.54, 1.807) is 0 Å². The van der Waals surface area contributed by atoms with E-state index in [2.05, 4.69) is 12.2 Å². The molecule has 1 heterocycles. The van der Waals surface area contributed by atoms with Crippen LogP contribution in [0.25, 0.3) is 0 Å². The normalized spacial score (nSPS) is 10.2. The predicted molar refractivity (Wildman–Crippen MR) is 69.0 cm³/mol. The van der Waals surface area contributed by atoms with Crippen molar-refractivity contribution in [1.82, 2.24) is 0 Å². The van der Waals surface area contributed by atoms with Crippen molar-refractivity contribution in [3.8, 4) is 0 Å². The third-order valence-corrected chi connectivity index (χ3v) is 3.50. The number of hydrogen-bond acceptors (Lipinski definition) is 5. The van der Waals surface area contributed by atoms with Crippen LogP contribution in [0.1, 0.15) is 42.8 Å². The van der Waals surface area contributed by atoms with Crippen LogP contribution in [-0.4, -0.2) is 17.3 Å². The van der Waals surface area contributed by atoms with Gasteiger partial charge in [-0.3, -0.25) is 14.9 Å². The van der Waals surface area contributed by atoms with Crippen LogP contribution in [0.5, 0.6) is 0 Å². The molecule has 17 heavy (non-hydrogen) atoms. The molecule has 0 aromatic carbocycles. The standard InChI is InChI=1S/C11H16N2O3S/c1-3-4-5-6-12-11-9(13(15)16)7-10(17-11)8(2)14/h7,12H,3-6H2,1-2H3. The number of nitrogens with zero attached hydrogens (tertiary/aromatic N) is 1. The molecule has 0 saturated heterocycles. The highest BCUT2D eigenvalue weighted by atomic mass is 32.1. The monoisotopic (exact) mass is 256 g/mol. The molecule has 0 aliphatic rings. The molecule has 0 saturated carbocycles. The first-order chi connectivity index (χ1) is 8.06. The Kier molecular flexibility index (Phi) is 5.09. The van der Waals surface area contributed by atoms with Crippen molar-refractivity contribution in [3.05, 3.63) is 21.1 Å². The summed E-state index contributed by atoms with van der Waals surface area (Å²) in [5.74, 6) is -0.139. The quantitative estimate of drug-likeness (QED) is 0.351. The summed E-state index contributed by atoms with van der Waals surface area (Å²) in [5, 5.41) is 14.3. The van der Waals surface area contributed by atoms with E-state index in [0.717, 1.165) is 30.6 Å². The van der Waals surface area contributed by atoms with Crippen molar-refractivity contribution in [2.45, 2.75) is 33.1 Å². The van der Waals surface area contributed by atoms with Crippen LogP contribution in [0.15, 0.2) is 6.07 Å². The number of nitrogens with one attached hydrogen (secondary N) is 1. The van der Waals surface area contributed by atoms with Gasteiger partial charge in [0.2, 0.25) is 0 Å². The average molecular weight is 256 g/mol. The zero-order chi connectivity index (χ0) is 12.8. The third-order valence-electron chi connectivity index (χ3n) is 2.32. The highest BCUT2D eigenvalue weighted by Crippen LogP contribution is 2.34. The lowest BCUT2D eigenvalue weighted by molar-refractivity contribution is -0.383. The van der Waals surface area contributed by atoms with E-state index in [0.29, 0.717) is 16.4 Å². The Balaban J connectivity index is 2.74. The van der Waals surface area contributed by atoms with E-state index < -0.39 is 4.92 Å². The second-order valence-corrected chi connectivity index (χ2v) is 4.82. The molecule has 0 bridgehead atoms. The van der Waals surface area contributed by atoms with Crippen LogP contribution < -0.4 is 5.32 Å². The number of Topliss-reactive ketones (excluding diaryl/α,β-unsaturated/α-hetero) is 1. The van der Waals surface area contributed by atoms with Gasteiger partial charge >= 0.3 is 5.69 Å². The summed E-state index contributed by atoms with van der Waals surface area (Å²) in [6.45, 7) is 4.21. The fourth-order valence-electron chi connectivity index (χ4n) is 1.39. The van der Waals surface area contributed by atoms with E-state index in [9.17, 15) is 14.9 Å². The minimum Gasteiger partial charge on any atom is -0.371 e.